The van der Waals surface area contributed by atoms with Gasteiger partial charge in [0.1, 0.15) is 5.75 Å². The molecule has 0 aliphatic rings. The molecule has 98 valence electrons. The molecule has 18 heavy (non-hydrogen) atoms. The van der Waals surface area contributed by atoms with Crippen molar-refractivity contribution in [3.8, 4) is 5.75 Å². The zero-order valence-corrected chi connectivity index (χ0v) is 10.3. The van der Waals surface area contributed by atoms with Crippen molar-refractivity contribution in [2.45, 2.75) is 0 Å². The predicted molar refractivity (Wildman–Crippen MR) is 68.4 cm³/mol. The summed E-state index contributed by atoms with van der Waals surface area (Å²) in [7, 11) is -3.26. The maximum Gasteiger partial charge on any atom is 1.00 e. The first-order valence-corrected chi connectivity index (χ1v) is 6.18. The molecule has 0 aliphatic carbocycles. The van der Waals surface area contributed by atoms with Gasteiger partial charge >= 0.3 is 1.43 Å². The minimum absolute atomic E-state index is 0. The van der Waals surface area contributed by atoms with Crippen molar-refractivity contribution < 1.29 is 23.7 Å². The molecule has 0 amide bonds. The molecule has 0 spiro atoms. The second-order valence-corrected chi connectivity index (χ2v) is 4.22. The van der Waals surface area contributed by atoms with E-state index in [-0.39, 0.29) is 1.43 Å². The van der Waals surface area contributed by atoms with Crippen LogP contribution in [0.25, 0.3) is 10.8 Å². The van der Waals surface area contributed by atoms with E-state index in [1.165, 1.54) is 0 Å². The second-order valence-electron chi connectivity index (χ2n) is 3.36. The van der Waals surface area contributed by atoms with Crippen LogP contribution in [0.5, 0.6) is 5.75 Å². The molecule has 3 N–H and O–H groups in total. The zero-order valence-electron chi connectivity index (χ0n) is 10.5. The summed E-state index contributed by atoms with van der Waals surface area (Å²) < 4.78 is 38.0. The number of nitrogen functional groups attached to an aromatic ring is 1. The molecule has 0 aromatic heterocycles. The molecule has 0 fully saturated rings. The summed E-state index contributed by atoms with van der Waals surface area (Å²) in [4.78, 5) is 0. The van der Waals surface area contributed by atoms with E-state index < -0.39 is 10.4 Å². The van der Waals surface area contributed by atoms with Crippen molar-refractivity contribution >= 4 is 26.9 Å². The third-order valence-electron chi connectivity index (χ3n) is 2.12. The lowest BCUT2D eigenvalue weighted by Gasteiger charge is -2.04. The lowest BCUT2D eigenvalue weighted by Crippen LogP contribution is -1.90. The van der Waals surface area contributed by atoms with Crippen LogP contribution in [0.3, 0.4) is 0 Å². The number of hydrogen-bond acceptors (Lipinski definition) is 5. The zero-order chi connectivity index (χ0) is 13.8. The van der Waals surface area contributed by atoms with Crippen LogP contribution in [0, 0.1) is 0 Å². The molecule has 0 radical (unpaired) electrons. The van der Waals surface area contributed by atoms with Gasteiger partial charge in [0.15, 0.2) is 0 Å². The number of benzene rings is 2. The van der Waals surface area contributed by atoms with E-state index in [9.17, 15) is 0 Å². The average Bonchev–Trinajstić information content (AvgIpc) is 2.27. The van der Waals surface area contributed by atoms with E-state index in [0.29, 0.717) is 0 Å². The van der Waals surface area contributed by atoms with Crippen molar-refractivity contribution in [2.75, 3.05) is 12.8 Å². The summed E-state index contributed by atoms with van der Waals surface area (Å²) in [5.41, 5.74) is 6.61. The van der Waals surface area contributed by atoms with E-state index in [1.807, 2.05) is 36.4 Å². The summed E-state index contributed by atoms with van der Waals surface area (Å²) in [6, 6.07) is 11.8. The molecule has 0 atom stereocenters. The van der Waals surface area contributed by atoms with Gasteiger partial charge in [0.2, 0.25) is 10.4 Å². The van der Waals surface area contributed by atoms with Gasteiger partial charge in [-0.2, -0.15) is 0 Å². The molecule has 0 bridgehead atoms. The minimum atomic E-state index is -4.92. The van der Waals surface area contributed by atoms with Crippen LogP contribution >= 0.6 is 0 Å². The van der Waals surface area contributed by atoms with Gasteiger partial charge in [-0.15, -0.1) is 0 Å². The Hall–Kier alpha value is -1.83. The van der Waals surface area contributed by atoms with Crippen molar-refractivity contribution in [2.24, 2.45) is 0 Å². The number of hydrogen-bond donors (Lipinski definition) is 2. The fraction of sp³-hybridized carbons (Fsp3) is 0.0909. The highest BCUT2D eigenvalue weighted by atomic mass is 32.3. The third-order valence-corrected chi connectivity index (χ3v) is 2.12. The van der Waals surface area contributed by atoms with E-state index >= 15 is 0 Å². The quantitative estimate of drug-likeness (QED) is 0.462. The number of fused-ring (bicyclic) bond motifs is 1. The highest BCUT2D eigenvalue weighted by molar-refractivity contribution is 7.79. The Labute approximate surface area is 106 Å². The Kier molecular flexibility index (Phi) is 4.49. The van der Waals surface area contributed by atoms with Gasteiger partial charge in [-0.1, -0.05) is 18.2 Å². The predicted octanol–water partition coefficient (Wildman–Crippen LogP) is 1.55. The normalized spacial score (nSPS) is 10.6. The van der Waals surface area contributed by atoms with Crippen molar-refractivity contribution in [3.63, 3.8) is 0 Å². The number of nitrogens with two attached hydrogens (primary N) is 1. The van der Waals surface area contributed by atoms with Crippen molar-refractivity contribution in [1.29, 1.82) is 0 Å². The molecule has 0 heterocycles. The van der Waals surface area contributed by atoms with Crippen molar-refractivity contribution in [3.05, 3.63) is 36.4 Å². The number of methoxy groups -OCH3 is 1. The van der Waals surface area contributed by atoms with Crippen molar-refractivity contribution in [1.82, 2.24) is 0 Å². The topological polar surface area (TPSA) is 113 Å². The van der Waals surface area contributed by atoms with Crippen LogP contribution < -0.4 is 10.5 Å². The molecule has 0 saturated heterocycles. The lowest BCUT2D eigenvalue weighted by molar-refractivity contribution is 0.366. The second kappa shape index (κ2) is 5.67. The van der Waals surface area contributed by atoms with Gasteiger partial charge in [-0.05, 0) is 23.6 Å². The van der Waals surface area contributed by atoms with Gasteiger partial charge in [-0.25, -0.2) is 8.42 Å². The first-order chi connectivity index (χ1) is 8.31. The van der Waals surface area contributed by atoms with Crippen LogP contribution in [0.2, 0.25) is 0 Å². The highest BCUT2D eigenvalue weighted by Crippen LogP contribution is 2.24. The molecule has 0 unspecified atom stereocenters. The fourth-order valence-corrected chi connectivity index (χ4v) is 1.40. The first-order valence-electron chi connectivity index (χ1n) is 4.82. The Morgan fingerprint density at radius 2 is 1.94 bits per heavy atom. The molecular weight excluding hydrogens is 258 g/mol. The van der Waals surface area contributed by atoms with E-state index in [2.05, 4.69) is 0 Å². The molecule has 2 aromatic carbocycles. The minimum Gasteiger partial charge on any atom is -0.726 e. The summed E-state index contributed by atoms with van der Waals surface area (Å²) >= 11 is 0. The molecule has 6 nitrogen and oxygen atoms in total. The molecular formula is C11H13NO5S. The number of anilines is 1. The van der Waals surface area contributed by atoms with Crippen LogP contribution in [0.15, 0.2) is 36.4 Å². The van der Waals surface area contributed by atoms with Gasteiger partial charge in [0.25, 0.3) is 0 Å². The summed E-state index contributed by atoms with van der Waals surface area (Å²) in [6.45, 7) is 0. The molecule has 2 rings (SSSR count). The lowest BCUT2D eigenvalue weighted by atomic mass is 10.1. The van der Waals surface area contributed by atoms with Crippen LogP contribution in [-0.4, -0.2) is 24.6 Å². The van der Waals surface area contributed by atoms with Gasteiger partial charge in [-0.3, -0.25) is 4.55 Å². The highest BCUT2D eigenvalue weighted by Gasteiger charge is 1.98. The van der Waals surface area contributed by atoms with Gasteiger partial charge in [0.05, 0.1) is 7.11 Å². The smallest absolute Gasteiger partial charge is 0.726 e. The van der Waals surface area contributed by atoms with E-state index in [4.69, 9.17) is 28.0 Å². The summed E-state index contributed by atoms with van der Waals surface area (Å²) in [6.07, 6.45) is 0. The van der Waals surface area contributed by atoms with E-state index in [1.54, 1.807) is 7.11 Å². The van der Waals surface area contributed by atoms with Gasteiger partial charge < -0.3 is 15.0 Å². The average molecular weight is 271 g/mol. The monoisotopic (exact) mass is 271 g/mol. The Balaban J connectivity index is 0.000000471. The van der Waals surface area contributed by atoms with Crippen LogP contribution in [-0.2, 0) is 10.4 Å². The maximum absolute atomic E-state index is 8.63. The molecule has 2 aromatic rings. The number of ether oxygens (including phenoxy) is 1. The Bertz CT molecular complexity index is 637. The maximum atomic E-state index is 8.63. The fourth-order valence-electron chi connectivity index (χ4n) is 1.40. The third kappa shape index (κ3) is 4.58. The number of rotatable bonds is 1. The standard InChI is InChI=1S/C11H11NO.H2O4S/c1-13-9-6-5-8-3-2-4-11(12)10(8)7-9;1-5(2,3)4/h2-7H,12H2,1H3;(H2,1,2,3,4). The van der Waals surface area contributed by atoms with E-state index in [0.717, 1.165) is 22.2 Å². The molecule has 0 aliphatic heterocycles. The Morgan fingerprint density at radius 3 is 2.50 bits per heavy atom. The largest absolute Gasteiger partial charge is 1.00 e. The molecule has 0 saturated carbocycles. The van der Waals surface area contributed by atoms with Crippen LogP contribution in [0.4, 0.5) is 5.69 Å². The summed E-state index contributed by atoms with van der Waals surface area (Å²) in [5.74, 6) is 0.838. The van der Waals surface area contributed by atoms with Crippen LogP contribution in [0.1, 0.15) is 1.43 Å². The SMILES string of the molecule is COc1ccc2cccc(N)c2c1.O=S(=O)([O-])O.[H+]. The van der Waals surface area contributed by atoms with Gasteiger partial charge in [0, 0.05) is 11.1 Å². The Morgan fingerprint density at radius 1 is 1.33 bits per heavy atom. The molecule has 7 heteroatoms. The summed E-state index contributed by atoms with van der Waals surface area (Å²) in [5, 5.41) is 2.18. The first kappa shape index (κ1) is 14.2.